The van der Waals surface area contributed by atoms with Crippen LogP contribution in [0.4, 0.5) is 0 Å². The lowest BCUT2D eigenvalue weighted by Crippen LogP contribution is -2.62. The zero-order valence-electron chi connectivity index (χ0n) is 22.9. The summed E-state index contributed by atoms with van der Waals surface area (Å²) in [5.41, 5.74) is 2.12. The molecule has 2 fully saturated rings. The van der Waals surface area contributed by atoms with Crippen LogP contribution in [0.1, 0.15) is 71.0 Å². The van der Waals surface area contributed by atoms with Gasteiger partial charge in [-0.2, -0.15) is 0 Å². The molecule has 0 spiro atoms. The number of carbonyl (C=O) groups is 2. The van der Waals surface area contributed by atoms with Crippen LogP contribution in [0.25, 0.3) is 0 Å². The van der Waals surface area contributed by atoms with Crippen LogP contribution in [-0.4, -0.2) is 71.7 Å². The minimum Gasteiger partial charge on any atom is -0.387 e. The molecule has 4 rings (SSSR count). The number of benzene rings is 1. The van der Waals surface area contributed by atoms with Crippen LogP contribution in [-0.2, 0) is 30.2 Å². The molecule has 37 heavy (non-hydrogen) atoms. The molecule has 0 bridgehead atoms. The molecule has 2 saturated heterocycles. The number of ether oxygens (including phenoxy) is 3. The average molecular weight is 515 g/mol. The summed E-state index contributed by atoms with van der Waals surface area (Å²) in [5, 5.41) is 14.1. The van der Waals surface area contributed by atoms with Crippen molar-refractivity contribution in [1.29, 1.82) is 0 Å². The number of piperidine rings is 1. The number of fused-ring (bicyclic) bond motifs is 3. The lowest BCUT2D eigenvalue weighted by Gasteiger charge is -2.45. The second kappa shape index (κ2) is 10.8. The summed E-state index contributed by atoms with van der Waals surface area (Å²) in [6.45, 7) is 10.3. The van der Waals surface area contributed by atoms with Crippen molar-refractivity contribution in [2.45, 2.75) is 103 Å². The Morgan fingerprint density at radius 3 is 2.68 bits per heavy atom. The van der Waals surface area contributed by atoms with Crippen LogP contribution in [0.15, 0.2) is 36.4 Å². The molecule has 3 heterocycles. The number of allylic oxidation sites excluding steroid dienone is 1. The van der Waals surface area contributed by atoms with Gasteiger partial charge < -0.3 is 29.5 Å². The highest BCUT2D eigenvalue weighted by atomic mass is 16.7. The van der Waals surface area contributed by atoms with E-state index < -0.39 is 42.2 Å². The number of carbonyl (C=O) groups excluding carboxylic acids is 2. The Kier molecular flexibility index (Phi) is 8.14. The monoisotopic (exact) mass is 514 g/mol. The molecule has 8 nitrogen and oxygen atoms in total. The zero-order valence-corrected chi connectivity index (χ0v) is 22.9. The fourth-order valence-electron chi connectivity index (χ4n) is 5.62. The van der Waals surface area contributed by atoms with Crippen LogP contribution in [0.3, 0.4) is 0 Å². The van der Waals surface area contributed by atoms with Gasteiger partial charge in [0.1, 0.15) is 24.4 Å². The summed E-state index contributed by atoms with van der Waals surface area (Å²) >= 11 is 0. The molecule has 3 aliphatic rings. The van der Waals surface area contributed by atoms with Gasteiger partial charge in [-0.1, -0.05) is 57.2 Å². The van der Waals surface area contributed by atoms with Gasteiger partial charge in [0, 0.05) is 20.1 Å². The van der Waals surface area contributed by atoms with Gasteiger partial charge in [-0.25, -0.2) is 0 Å². The third-order valence-corrected chi connectivity index (χ3v) is 7.35. The fourth-order valence-corrected chi connectivity index (χ4v) is 5.62. The molecule has 0 aliphatic carbocycles. The van der Waals surface area contributed by atoms with Gasteiger partial charge in [-0.15, -0.1) is 0 Å². The number of amides is 2. The van der Waals surface area contributed by atoms with Gasteiger partial charge in [-0.3, -0.25) is 9.59 Å². The van der Waals surface area contributed by atoms with Crippen LogP contribution >= 0.6 is 0 Å². The second-order valence-electron chi connectivity index (χ2n) is 11.9. The van der Waals surface area contributed by atoms with E-state index in [1.165, 1.54) is 7.11 Å². The van der Waals surface area contributed by atoms with Crippen molar-refractivity contribution in [3.63, 3.8) is 0 Å². The number of hydrogen-bond acceptors (Lipinski definition) is 6. The van der Waals surface area contributed by atoms with Crippen molar-refractivity contribution in [1.82, 2.24) is 10.2 Å². The molecule has 1 aromatic carbocycles. The molecule has 6 atom stereocenters. The number of methoxy groups -OCH3 is 1. The van der Waals surface area contributed by atoms with Crippen LogP contribution in [0.5, 0.6) is 0 Å². The Morgan fingerprint density at radius 1 is 1.24 bits per heavy atom. The molecular weight excluding hydrogens is 472 g/mol. The van der Waals surface area contributed by atoms with Gasteiger partial charge in [0.15, 0.2) is 11.9 Å². The van der Waals surface area contributed by atoms with E-state index in [0.717, 1.165) is 30.4 Å². The van der Waals surface area contributed by atoms with Gasteiger partial charge in [-0.05, 0) is 49.7 Å². The molecule has 0 aromatic heterocycles. The summed E-state index contributed by atoms with van der Waals surface area (Å²) in [7, 11) is 1.41. The minimum absolute atomic E-state index is 0.0365. The van der Waals surface area contributed by atoms with Gasteiger partial charge in [0.2, 0.25) is 5.91 Å². The minimum atomic E-state index is -1.14. The highest BCUT2D eigenvalue weighted by molar-refractivity contribution is 5.90. The topological polar surface area (TPSA) is 97.3 Å². The first-order valence-electron chi connectivity index (χ1n) is 13.3. The van der Waals surface area contributed by atoms with Crippen molar-refractivity contribution < 1.29 is 28.9 Å². The Morgan fingerprint density at radius 2 is 1.97 bits per heavy atom. The summed E-state index contributed by atoms with van der Waals surface area (Å²) in [6.07, 6.45) is 3.20. The number of hydrogen-bond donors (Lipinski definition) is 2. The number of rotatable bonds is 5. The van der Waals surface area contributed by atoms with Crippen LogP contribution in [0, 0.1) is 5.41 Å². The predicted molar refractivity (Wildman–Crippen MR) is 140 cm³/mol. The standard InChI is InChI=1S/C29H42N2O6/c1-28(2,3)15-14-22-23(32)24(37-29(4,5)36-22)25(35-6)26(33)30-20-17-18-11-7-8-12-19(18)21-13-9-10-16-31(21)27(20)34/h7-8,11-12,14-15,20-25,32H,9-10,13,16-17H2,1-6H3,(H,30,33)/t20-,21?,22+,23-,24+,25+/m0/s1. The maximum absolute atomic E-state index is 13.6. The third kappa shape index (κ3) is 6.25. The molecule has 2 N–H and O–H groups in total. The molecule has 2 amide bonds. The summed E-state index contributed by atoms with van der Waals surface area (Å²) < 4.78 is 17.6. The van der Waals surface area contributed by atoms with Gasteiger partial charge >= 0.3 is 0 Å². The van der Waals surface area contributed by atoms with E-state index in [0.29, 0.717) is 13.0 Å². The second-order valence-corrected chi connectivity index (χ2v) is 11.9. The summed E-state index contributed by atoms with van der Waals surface area (Å²) in [4.78, 5) is 29.1. The van der Waals surface area contributed by atoms with Crippen molar-refractivity contribution in [2.75, 3.05) is 13.7 Å². The summed E-state index contributed by atoms with van der Waals surface area (Å²) in [6, 6.07) is 7.41. The molecule has 0 saturated carbocycles. The first kappa shape index (κ1) is 27.8. The van der Waals surface area contributed by atoms with E-state index in [4.69, 9.17) is 14.2 Å². The Hall–Kier alpha value is -2.26. The average Bonchev–Trinajstić information content (AvgIpc) is 2.95. The smallest absolute Gasteiger partial charge is 0.252 e. The van der Waals surface area contributed by atoms with E-state index in [1.807, 2.05) is 35.3 Å². The zero-order chi connectivity index (χ0) is 27.0. The highest BCUT2D eigenvalue weighted by Crippen LogP contribution is 2.36. The van der Waals surface area contributed by atoms with Gasteiger partial charge in [0.05, 0.1) is 6.04 Å². The van der Waals surface area contributed by atoms with Gasteiger partial charge in [0.25, 0.3) is 5.91 Å². The SMILES string of the molecule is CO[C@@H](C(=O)N[C@H]1Cc2ccccc2C2CCCCN2C1=O)[C@@H]1OC(C)(C)O[C@H](C=CC(C)(C)C)[C@@H]1O. The normalized spacial score (nSPS) is 30.8. The maximum atomic E-state index is 13.6. The van der Waals surface area contributed by atoms with E-state index in [9.17, 15) is 14.7 Å². The Balaban J connectivity index is 1.56. The van der Waals surface area contributed by atoms with E-state index in [1.54, 1.807) is 13.8 Å². The summed E-state index contributed by atoms with van der Waals surface area (Å²) in [5.74, 6) is -1.62. The molecular formula is C29H42N2O6. The molecule has 1 unspecified atom stereocenters. The molecule has 8 heteroatoms. The van der Waals surface area contributed by atoms with Crippen LogP contribution < -0.4 is 5.32 Å². The fraction of sp³-hybridized carbons (Fsp3) is 0.655. The first-order chi connectivity index (χ1) is 17.4. The number of nitrogens with zero attached hydrogens (tertiary/aromatic N) is 1. The van der Waals surface area contributed by atoms with Crippen molar-refractivity contribution in [2.24, 2.45) is 5.41 Å². The molecule has 204 valence electrons. The number of nitrogens with one attached hydrogen (secondary N) is 1. The number of aliphatic hydroxyl groups excluding tert-OH is 1. The molecule has 0 radical (unpaired) electrons. The van der Waals surface area contributed by atoms with E-state index in [2.05, 4.69) is 32.2 Å². The largest absolute Gasteiger partial charge is 0.387 e. The maximum Gasteiger partial charge on any atom is 0.252 e. The van der Waals surface area contributed by atoms with Crippen molar-refractivity contribution in [3.05, 3.63) is 47.5 Å². The molecule has 3 aliphatic heterocycles. The lowest BCUT2D eigenvalue weighted by atomic mass is 9.92. The quantitative estimate of drug-likeness (QED) is 0.586. The van der Waals surface area contributed by atoms with Crippen molar-refractivity contribution >= 4 is 11.8 Å². The third-order valence-electron chi connectivity index (χ3n) is 7.35. The lowest BCUT2D eigenvalue weighted by molar-refractivity contribution is -0.334. The first-order valence-corrected chi connectivity index (χ1v) is 13.3. The van der Waals surface area contributed by atoms with Crippen LogP contribution in [0.2, 0.25) is 0 Å². The highest BCUT2D eigenvalue weighted by Gasteiger charge is 2.48. The Bertz CT molecular complexity index is 1020. The van der Waals surface area contributed by atoms with E-state index >= 15 is 0 Å². The Labute approximate surface area is 220 Å². The van der Waals surface area contributed by atoms with E-state index in [-0.39, 0.29) is 17.4 Å². The molecule has 1 aromatic rings. The number of aliphatic hydroxyl groups is 1. The van der Waals surface area contributed by atoms with Crippen molar-refractivity contribution in [3.8, 4) is 0 Å². The predicted octanol–water partition coefficient (Wildman–Crippen LogP) is 3.28.